The average molecular weight is 364 g/mol. The normalized spacial score (nSPS) is 35.2. The monoisotopic (exact) mass is 363 g/mol. The fourth-order valence-corrected chi connectivity index (χ4v) is 4.41. The van der Waals surface area contributed by atoms with Crippen molar-refractivity contribution in [3.63, 3.8) is 0 Å². The molecule has 0 aromatic heterocycles. The van der Waals surface area contributed by atoms with E-state index in [0.717, 1.165) is 4.90 Å². The molecular formula is C17H14ClNO6. The number of aliphatic carboxylic acids is 2. The topological polar surface area (TPSA) is 104 Å². The average Bonchev–Trinajstić information content (AvgIpc) is 3.17. The van der Waals surface area contributed by atoms with Gasteiger partial charge in [0.1, 0.15) is 11.5 Å². The summed E-state index contributed by atoms with van der Waals surface area (Å²) in [6.45, 7) is -0.0259. The van der Waals surface area contributed by atoms with Gasteiger partial charge in [0.2, 0.25) is 5.91 Å². The van der Waals surface area contributed by atoms with Crippen LogP contribution in [0.5, 0.6) is 0 Å². The minimum Gasteiger partial charge on any atom is -0.481 e. The molecule has 4 rings (SSSR count). The third-order valence-corrected chi connectivity index (χ3v) is 5.56. The van der Waals surface area contributed by atoms with E-state index in [9.17, 15) is 24.6 Å². The highest BCUT2D eigenvalue weighted by Gasteiger charge is 2.73. The molecule has 1 aromatic carbocycles. The fourth-order valence-electron chi connectivity index (χ4n) is 4.21. The highest BCUT2D eigenvalue weighted by Crippen LogP contribution is 2.55. The number of amides is 1. The van der Waals surface area contributed by atoms with E-state index >= 15 is 0 Å². The van der Waals surface area contributed by atoms with Gasteiger partial charge in [0.05, 0.1) is 12.0 Å². The predicted molar refractivity (Wildman–Crippen MR) is 84.8 cm³/mol. The fraction of sp³-hybridized carbons (Fsp3) is 0.353. The van der Waals surface area contributed by atoms with Crippen molar-refractivity contribution >= 4 is 29.4 Å². The molecule has 25 heavy (non-hydrogen) atoms. The van der Waals surface area contributed by atoms with Gasteiger partial charge in [0.15, 0.2) is 6.04 Å². The molecule has 1 spiro atoms. The van der Waals surface area contributed by atoms with Gasteiger partial charge in [0.25, 0.3) is 0 Å². The Morgan fingerprint density at radius 2 is 1.96 bits per heavy atom. The zero-order valence-electron chi connectivity index (χ0n) is 12.8. The van der Waals surface area contributed by atoms with Gasteiger partial charge in [-0.1, -0.05) is 42.0 Å². The maximum Gasteiger partial charge on any atom is 0.329 e. The molecule has 3 aliphatic heterocycles. The third kappa shape index (κ3) is 2.06. The molecule has 0 aliphatic carbocycles. The Balaban J connectivity index is 1.78. The smallest absolute Gasteiger partial charge is 0.329 e. The summed E-state index contributed by atoms with van der Waals surface area (Å²) in [6.07, 6.45) is 2.29. The lowest BCUT2D eigenvalue weighted by atomic mass is 9.75. The summed E-state index contributed by atoms with van der Waals surface area (Å²) in [4.78, 5) is 37.7. The molecule has 2 bridgehead atoms. The Kier molecular flexibility index (Phi) is 3.42. The van der Waals surface area contributed by atoms with Crippen LogP contribution in [0.4, 0.5) is 0 Å². The minimum absolute atomic E-state index is 0.0259. The Hall–Kier alpha value is -2.38. The van der Waals surface area contributed by atoms with Gasteiger partial charge in [-0.25, -0.2) is 4.79 Å². The van der Waals surface area contributed by atoms with E-state index in [2.05, 4.69) is 0 Å². The van der Waals surface area contributed by atoms with Crippen LogP contribution < -0.4 is 0 Å². The maximum absolute atomic E-state index is 13.0. The number of likely N-dealkylation sites (tertiary alicyclic amines) is 1. The van der Waals surface area contributed by atoms with Gasteiger partial charge in [-0.3, -0.25) is 9.59 Å². The molecular weight excluding hydrogens is 350 g/mol. The Bertz CT molecular complexity index is 823. The van der Waals surface area contributed by atoms with Crippen molar-refractivity contribution in [1.29, 1.82) is 0 Å². The summed E-state index contributed by atoms with van der Waals surface area (Å²) in [7, 11) is 0. The zero-order chi connectivity index (χ0) is 17.9. The zero-order valence-corrected chi connectivity index (χ0v) is 13.6. The van der Waals surface area contributed by atoms with E-state index < -0.39 is 47.4 Å². The maximum atomic E-state index is 13.0. The predicted octanol–water partition coefficient (Wildman–Crippen LogP) is 1.16. The SMILES string of the molecule is O=C(O)C1C2C=CC3(O2)C1C(=O)N(Cc1ccccc1Cl)C3C(=O)O. The van der Waals surface area contributed by atoms with Crippen molar-refractivity contribution in [2.24, 2.45) is 11.8 Å². The van der Waals surface area contributed by atoms with Gasteiger partial charge < -0.3 is 19.8 Å². The van der Waals surface area contributed by atoms with Crippen molar-refractivity contribution in [2.45, 2.75) is 24.3 Å². The minimum atomic E-state index is -1.45. The first kappa shape index (κ1) is 16.1. The van der Waals surface area contributed by atoms with Crippen LogP contribution in [0, 0.1) is 11.8 Å². The number of carbonyl (C=O) groups is 3. The number of hydrogen-bond acceptors (Lipinski definition) is 4. The first-order valence-electron chi connectivity index (χ1n) is 7.73. The number of fused-ring (bicyclic) bond motifs is 1. The second-order valence-electron chi connectivity index (χ2n) is 6.44. The van der Waals surface area contributed by atoms with Crippen LogP contribution in [0.15, 0.2) is 36.4 Å². The largest absolute Gasteiger partial charge is 0.481 e. The standard InChI is InChI=1S/C17H14ClNO6/c18-9-4-2-1-3-8(9)7-19-13(16(23)24)17-6-5-10(25-17)11(15(21)22)12(17)14(19)20/h1-6,10-13H,7H2,(H,21,22)(H,23,24). The van der Waals surface area contributed by atoms with Crippen LogP contribution in [0.1, 0.15) is 5.56 Å². The van der Waals surface area contributed by atoms with Crippen LogP contribution in [0.3, 0.4) is 0 Å². The summed E-state index contributed by atoms with van der Waals surface area (Å²) in [5.74, 6) is -5.08. The molecule has 8 heteroatoms. The van der Waals surface area contributed by atoms with Gasteiger partial charge in [-0.2, -0.15) is 0 Å². The Labute approximate surface area is 147 Å². The number of halogens is 1. The molecule has 7 nitrogen and oxygen atoms in total. The van der Waals surface area contributed by atoms with Gasteiger partial charge in [0, 0.05) is 11.6 Å². The van der Waals surface area contributed by atoms with E-state index in [4.69, 9.17) is 16.3 Å². The molecule has 2 N–H and O–H groups in total. The van der Waals surface area contributed by atoms with Crippen LogP contribution in [-0.4, -0.2) is 50.7 Å². The number of nitrogens with zero attached hydrogens (tertiary/aromatic N) is 1. The molecule has 2 saturated heterocycles. The first-order valence-corrected chi connectivity index (χ1v) is 8.11. The van der Waals surface area contributed by atoms with Crippen LogP contribution in [-0.2, 0) is 25.7 Å². The number of carboxylic acid groups (broad SMARTS) is 2. The first-order chi connectivity index (χ1) is 11.9. The van der Waals surface area contributed by atoms with Crippen molar-refractivity contribution in [1.82, 2.24) is 4.90 Å². The molecule has 3 aliphatic rings. The molecule has 3 heterocycles. The summed E-state index contributed by atoms with van der Waals surface area (Å²) >= 11 is 6.13. The van der Waals surface area contributed by atoms with E-state index in [1.807, 2.05) is 0 Å². The molecule has 2 fully saturated rings. The second kappa shape index (κ2) is 5.31. The Morgan fingerprint density at radius 1 is 1.24 bits per heavy atom. The van der Waals surface area contributed by atoms with Crippen LogP contribution >= 0.6 is 11.6 Å². The van der Waals surface area contributed by atoms with Crippen molar-refractivity contribution in [3.8, 4) is 0 Å². The molecule has 5 atom stereocenters. The van der Waals surface area contributed by atoms with Gasteiger partial charge in [-0.15, -0.1) is 0 Å². The number of benzene rings is 1. The van der Waals surface area contributed by atoms with E-state index in [1.165, 1.54) is 12.2 Å². The lowest BCUT2D eigenvalue weighted by Gasteiger charge is -2.29. The molecule has 130 valence electrons. The van der Waals surface area contributed by atoms with Gasteiger partial charge in [-0.05, 0) is 11.6 Å². The molecule has 5 unspecified atom stereocenters. The molecule has 0 radical (unpaired) electrons. The third-order valence-electron chi connectivity index (χ3n) is 5.19. The second-order valence-corrected chi connectivity index (χ2v) is 6.84. The van der Waals surface area contributed by atoms with Gasteiger partial charge >= 0.3 is 11.9 Å². The van der Waals surface area contributed by atoms with Crippen molar-refractivity contribution in [2.75, 3.05) is 0 Å². The highest BCUT2D eigenvalue weighted by molar-refractivity contribution is 6.31. The lowest BCUT2D eigenvalue weighted by molar-refractivity contribution is -0.153. The summed E-state index contributed by atoms with van der Waals surface area (Å²) < 4.78 is 5.73. The van der Waals surface area contributed by atoms with Crippen LogP contribution in [0.25, 0.3) is 0 Å². The number of hydrogen-bond donors (Lipinski definition) is 2. The molecule has 1 aromatic rings. The summed E-state index contributed by atoms with van der Waals surface area (Å²) in [6, 6.07) is 5.51. The quantitative estimate of drug-likeness (QED) is 0.778. The van der Waals surface area contributed by atoms with Crippen molar-refractivity contribution in [3.05, 3.63) is 47.0 Å². The number of carboxylic acids is 2. The van der Waals surface area contributed by atoms with E-state index in [1.54, 1.807) is 24.3 Å². The highest BCUT2D eigenvalue weighted by atomic mass is 35.5. The van der Waals surface area contributed by atoms with E-state index in [0.29, 0.717) is 10.6 Å². The Morgan fingerprint density at radius 3 is 2.60 bits per heavy atom. The lowest BCUT2D eigenvalue weighted by Crippen LogP contribution is -2.50. The number of ether oxygens (including phenoxy) is 1. The molecule has 1 amide bonds. The van der Waals surface area contributed by atoms with Crippen molar-refractivity contribution < 1.29 is 29.3 Å². The van der Waals surface area contributed by atoms with Crippen LogP contribution in [0.2, 0.25) is 5.02 Å². The summed E-state index contributed by atoms with van der Waals surface area (Å²) in [5, 5.41) is 19.6. The summed E-state index contributed by atoms with van der Waals surface area (Å²) in [5.41, 5.74) is -0.858. The number of carbonyl (C=O) groups excluding carboxylic acids is 1. The number of rotatable bonds is 4. The van der Waals surface area contributed by atoms with E-state index in [-0.39, 0.29) is 6.54 Å². The molecule has 0 saturated carbocycles.